The van der Waals surface area contributed by atoms with E-state index in [2.05, 4.69) is 9.36 Å². The molecule has 1 aromatic heterocycles. The van der Waals surface area contributed by atoms with Crippen molar-refractivity contribution in [3.05, 3.63) is 35.7 Å². The van der Waals surface area contributed by atoms with E-state index in [1.54, 1.807) is 6.07 Å². The number of aromatic nitrogens is 2. The van der Waals surface area contributed by atoms with Gasteiger partial charge >= 0.3 is 0 Å². The first kappa shape index (κ1) is 9.02. The van der Waals surface area contributed by atoms with Gasteiger partial charge in [0.05, 0.1) is 0 Å². The van der Waals surface area contributed by atoms with Crippen LogP contribution >= 0.6 is 11.5 Å². The minimum Gasteiger partial charge on any atom is -0.298 e. The summed E-state index contributed by atoms with van der Waals surface area (Å²) in [6, 6.07) is 7.38. The fourth-order valence-corrected chi connectivity index (χ4v) is 1.92. The Hall–Kier alpha value is -1.55. The lowest BCUT2D eigenvalue weighted by molar-refractivity contribution is 0.112. The Kier molecular flexibility index (Phi) is 2.37. The first-order valence-electron chi connectivity index (χ1n) is 4.16. The molecule has 4 heteroatoms. The van der Waals surface area contributed by atoms with Crippen LogP contribution in [0.25, 0.3) is 10.6 Å². The van der Waals surface area contributed by atoms with E-state index in [1.807, 2.05) is 25.1 Å². The molecule has 0 saturated heterocycles. The fourth-order valence-electron chi connectivity index (χ4n) is 1.20. The van der Waals surface area contributed by atoms with E-state index in [0.29, 0.717) is 5.56 Å². The number of aldehydes is 1. The lowest BCUT2D eigenvalue weighted by Crippen LogP contribution is -1.85. The van der Waals surface area contributed by atoms with Crippen molar-refractivity contribution >= 4 is 17.8 Å². The summed E-state index contributed by atoms with van der Waals surface area (Å²) in [5.74, 6) is 0.741. The number of carbonyl (C=O) groups is 1. The van der Waals surface area contributed by atoms with Gasteiger partial charge in [0.1, 0.15) is 10.8 Å². The topological polar surface area (TPSA) is 42.9 Å². The Bertz CT molecular complexity index is 465. The second kappa shape index (κ2) is 3.67. The molecule has 1 heterocycles. The predicted octanol–water partition coefficient (Wildman–Crippen LogP) is 2.33. The number of aryl methyl sites for hydroxylation is 1. The zero-order chi connectivity index (χ0) is 9.97. The second-order valence-electron chi connectivity index (χ2n) is 2.85. The van der Waals surface area contributed by atoms with Crippen LogP contribution in [0.2, 0.25) is 0 Å². The smallest absolute Gasteiger partial charge is 0.150 e. The third kappa shape index (κ3) is 1.56. The molecule has 0 bridgehead atoms. The number of rotatable bonds is 2. The highest BCUT2D eigenvalue weighted by molar-refractivity contribution is 7.09. The number of nitrogens with zero attached hydrogens (tertiary/aromatic N) is 2. The third-order valence-corrected chi connectivity index (χ3v) is 2.69. The van der Waals surface area contributed by atoms with Crippen LogP contribution in [0.4, 0.5) is 0 Å². The van der Waals surface area contributed by atoms with Gasteiger partial charge in [0.25, 0.3) is 0 Å². The Balaban J connectivity index is 2.55. The van der Waals surface area contributed by atoms with Gasteiger partial charge in [0.2, 0.25) is 0 Å². The molecule has 0 unspecified atom stereocenters. The van der Waals surface area contributed by atoms with Crippen LogP contribution in [-0.2, 0) is 0 Å². The van der Waals surface area contributed by atoms with Gasteiger partial charge in [-0.15, -0.1) is 0 Å². The summed E-state index contributed by atoms with van der Waals surface area (Å²) in [4.78, 5) is 15.0. The van der Waals surface area contributed by atoms with Crippen LogP contribution in [0, 0.1) is 6.92 Å². The molecule has 2 rings (SSSR count). The number of carbonyl (C=O) groups excluding carboxylic acids is 1. The molecule has 70 valence electrons. The van der Waals surface area contributed by atoms with Crippen LogP contribution in [0.3, 0.4) is 0 Å². The molecule has 0 atom stereocenters. The molecule has 0 spiro atoms. The molecular weight excluding hydrogens is 196 g/mol. The summed E-state index contributed by atoms with van der Waals surface area (Å²) >= 11 is 1.31. The maximum atomic E-state index is 10.8. The molecule has 1 aromatic carbocycles. The van der Waals surface area contributed by atoms with E-state index >= 15 is 0 Å². The Labute approximate surface area is 85.6 Å². The van der Waals surface area contributed by atoms with Crippen LogP contribution in [0.1, 0.15) is 16.2 Å². The highest BCUT2D eigenvalue weighted by Crippen LogP contribution is 2.23. The number of benzene rings is 1. The first-order valence-corrected chi connectivity index (χ1v) is 4.93. The lowest BCUT2D eigenvalue weighted by Gasteiger charge is -1.97. The van der Waals surface area contributed by atoms with Gasteiger partial charge < -0.3 is 0 Å². The van der Waals surface area contributed by atoms with Crippen molar-refractivity contribution in [1.29, 1.82) is 0 Å². The average molecular weight is 204 g/mol. The molecule has 0 aliphatic rings. The Morgan fingerprint density at radius 2 is 2.14 bits per heavy atom. The lowest BCUT2D eigenvalue weighted by atomic mass is 10.1. The molecule has 0 saturated carbocycles. The molecular formula is C10H8N2OS. The number of hydrogen-bond acceptors (Lipinski definition) is 4. The summed E-state index contributed by atoms with van der Waals surface area (Å²) in [5.41, 5.74) is 1.51. The highest BCUT2D eigenvalue weighted by atomic mass is 32.1. The van der Waals surface area contributed by atoms with Crippen molar-refractivity contribution in [2.75, 3.05) is 0 Å². The van der Waals surface area contributed by atoms with E-state index in [0.717, 1.165) is 22.7 Å². The zero-order valence-electron chi connectivity index (χ0n) is 7.60. The largest absolute Gasteiger partial charge is 0.298 e. The van der Waals surface area contributed by atoms with Crippen LogP contribution < -0.4 is 0 Å². The average Bonchev–Trinajstić information content (AvgIpc) is 2.65. The molecule has 2 aromatic rings. The summed E-state index contributed by atoms with van der Waals surface area (Å²) in [6.45, 7) is 1.84. The van der Waals surface area contributed by atoms with Gasteiger partial charge in [-0.05, 0) is 18.5 Å². The molecule has 0 fully saturated rings. The van der Waals surface area contributed by atoms with E-state index in [1.165, 1.54) is 11.5 Å². The fraction of sp³-hybridized carbons (Fsp3) is 0.100. The first-order chi connectivity index (χ1) is 6.81. The summed E-state index contributed by atoms with van der Waals surface area (Å²) in [6.07, 6.45) is 0.839. The van der Waals surface area contributed by atoms with E-state index < -0.39 is 0 Å². The van der Waals surface area contributed by atoms with Gasteiger partial charge in [-0.25, -0.2) is 4.98 Å². The van der Waals surface area contributed by atoms with E-state index in [9.17, 15) is 4.79 Å². The van der Waals surface area contributed by atoms with Crippen molar-refractivity contribution in [3.8, 4) is 10.6 Å². The molecule has 3 nitrogen and oxygen atoms in total. The monoisotopic (exact) mass is 204 g/mol. The van der Waals surface area contributed by atoms with Gasteiger partial charge in [0, 0.05) is 11.1 Å². The number of hydrogen-bond donors (Lipinski definition) is 0. The third-order valence-electron chi connectivity index (χ3n) is 1.85. The Morgan fingerprint density at radius 3 is 2.79 bits per heavy atom. The SMILES string of the molecule is Cc1nsc(-c2ccccc2C=O)n1. The quantitative estimate of drug-likeness (QED) is 0.705. The summed E-state index contributed by atoms with van der Waals surface area (Å²) in [5, 5.41) is 0.796. The van der Waals surface area contributed by atoms with Crippen LogP contribution in [0.15, 0.2) is 24.3 Å². The van der Waals surface area contributed by atoms with Crippen LogP contribution in [0.5, 0.6) is 0 Å². The van der Waals surface area contributed by atoms with Gasteiger partial charge in [-0.3, -0.25) is 4.79 Å². The summed E-state index contributed by atoms with van der Waals surface area (Å²) < 4.78 is 4.08. The molecule has 0 aliphatic carbocycles. The normalized spacial score (nSPS) is 10.1. The summed E-state index contributed by atoms with van der Waals surface area (Å²) in [7, 11) is 0. The minimum absolute atomic E-state index is 0.656. The van der Waals surface area contributed by atoms with Crippen molar-refractivity contribution < 1.29 is 4.79 Å². The molecule has 0 N–H and O–H groups in total. The van der Waals surface area contributed by atoms with Crippen molar-refractivity contribution in [3.63, 3.8) is 0 Å². The standard InChI is InChI=1S/C10H8N2OS/c1-7-11-10(14-12-7)9-5-3-2-4-8(9)6-13/h2-6H,1H3. The van der Waals surface area contributed by atoms with E-state index in [4.69, 9.17) is 0 Å². The van der Waals surface area contributed by atoms with Crippen molar-refractivity contribution in [2.24, 2.45) is 0 Å². The van der Waals surface area contributed by atoms with Crippen molar-refractivity contribution in [1.82, 2.24) is 9.36 Å². The molecule has 0 amide bonds. The Morgan fingerprint density at radius 1 is 1.36 bits per heavy atom. The van der Waals surface area contributed by atoms with Gasteiger partial charge in [0.15, 0.2) is 6.29 Å². The van der Waals surface area contributed by atoms with Crippen LogP contribution in [-0.4, -0.2) is 15.6 Å². The molecule has 0 radical (unpaired) electrons. The molecule has 14 heavy (non-hydrogen) atoms. The zero-order valence-corrected chi connectivity index (χ0v) is 8.41. The predicted molar refractivity (Wildman–Crippen MR) is 55.5 cm³/mol. The van der Waals surface area contributed by atoms with E-state index in [-0.39, 0.29) is 0 Å². The maximum Gasteiger partial charge on any atom is 0.150 e. The van der Waals surface area contributed by atoms with Crippen molar-refractivity contribution in [2.45, 2.75) is 6.92 Å². The second-order valence-corrected chi connectivity index (χ2v) is 3.60. The minimum atomic E-state index is 0.656. The van der Waals surface area contributed by atoms with Gasteiger partial charge in [-0.1, -0.05) is 24.3 Å². The highest BCUT2D eigenvalue weighted by Gasteiger charge is 2.07. The molecule has 0 aliphatic heterocycles. The maximum absolute atomic E-state index is 10.8. The van der Waals surface area contributed by atoms with Gasteiger partial charge in [-0.2, -0.15) is 4.37 Å².